The summed E-state index contributed by atoms with van der Waals surface area (Å²) in [6, 6.07) is 15.9. The first-order chi connectivity index (χ1) is 14.7. The Kier molecular flexibility index (Phi) is 6.86. The molecule has 1 aromatic carbocycles. The highest BCUT2D eigenvalue weighted by atomic mass is 32.2. The molecule has 1 aliphatic rings. The van der Waals surface area contributed by atoms with Crippen LogP contribution in [0.25, 0.3) is 0 Å². The Labute approximate surface area is 184 Å². The summed E-state index contributed by atoms with van der Waals surface area (Å²) in [4.78, 5) is 17.0. The standard InChI is InChI=1S/C22H24N4O2S2/c1-28-17-6-2-7-18(13-17)30-21-10-9-20(24-25-21)26-11-3-5-16(15-26)22(27)23-14-19-8-4-12-29-19/h2,4,6-10,12-13,16H,3,5,11,14-15H2,1H3,(H,23,27)/t16-/m1/s1. The number of piperidine rings is 1. The Bertz CT molecular complexity index is 964. The molecule has 3 aromatic rings. The van der Waals surface area contributed by atoms with Crippen LogP contribution in [-0.4, -0.2) is 36.3 Å². The molecule has 8 heteroatoms. The molecule has 3 heterocycles. The fourth-order valence-corrected chi connectivity index (χ4v) is 4.88. The number of hydrogen-bond donors (Lipinski definition) is 1. The Morgan fingerprint density at radius 1 is 1.27 bits per heavy atom. The number of methoxy groups -OCH3 is 1. The van der Waals surface area contributed by atoms with Crippen molar-refractivity contribution in [2.24, 2.45) is 5.92 Å². The zero-order chi connectivity index (χ0) is 20.8. The van der Waals surface area contributed by atoms with E-state index >= 15 is 0 Å². The number of carbonyl (C=O) groups is 1. The Hall–Kier alpha value is -2.58. The lowest BCUT2D eigenvalue weighted by Crippen LogP contribution is -2.43. The summed E-state index contributed by atoms with van der Waals surface area (Å²) >= 11 is 3.21. The Morgan fingerprint density at radius 2 is 2.20 bits per heavy atom. The molecule has 0 spiro atoms. The zero-order valence-electron chi connectivity index (χ0n) is 16.8. The van der Waals surface area contributed by atoms with Gasteiger partial charge in [0, 0.05) is 22.9 Å². The van der Waals surface area contributed by atoms with Crippen molar-refractivity contribution in [1.82, 2.24) is 15.5 Å². The van der Waals surface area contributed by atoms with E-state index in [0.29, 0.717) is 13.1 Å². The molecule has 0 aliphatic carbocycles. The number of hydrogen-bond acceptors (Lipinski definition) is 7. The van der Waals surface area contributed by atoms with Crippen molar-refractivity contribution in [3.8, 4) is 5.75 Å². The van der Waals surface area contributed by atoms with Crippen LogP contribution in [0, 0.1) is 5.92 Å². The van der Waals surface area contributed by atoms with Gasteiger partial charge in [0.25, 0.3) is 0 Å². The number of nitrogens with zero attached hydrogens (tertiary/aromatic N) is 3. The Morgan fingerprint density at radius 3 is 2.97 bits per heavy atom. The SMILES string of the molecule is COc1cccc(Sc2ccc(N3CCC[C@@H](C(=O)NCc4cccs4)C3)nn2)c1. The van der Waals surface area contributed by atoms with Crippen LogP contribution >= 0.6 is 23.1 Å². The van der Waals surface area contributed by atoms with E-state index < -0.39 is 0 Å². The maximum absolute atomic E-state index is 12.6. The fourth-order valence-electron chi connectivity index (χ4n) is 3.45. The van der Waals surface area contributed by atoms with Gasteiger partial charge in [0.1, 0.15) is 10.8 Å². The van der Waals surface area contributed by atoms with E-state index in [4.69, 9.17) is 4.74 Å². The van der Waals surface area contributed by atoms with Gasteiger partial charge in [-0.05, 0) is 54.6 Å². The highest BCUT2D eigenvalue weighted by Crippen LogP contribution is 2.29. The number of ether oxygens (including phenoxy) is 1. The van der Waals surface area contributed by atoms with Gasteiger partial charge in [-0.3, -0.25) is 4.79 Å². The second-order valence-electron chi connectivity index (χ2n) is 7.09. The molecule has 156 valence electrons. The fraction of sp³-hybridized carbons (Fsp3) is 0.318. The summed E-state index contributed by atoms with van der Waals surface area (Å²) in [5.41, 5.74) is 0. The molecule has 4 rings (SSSR count). The number of thiophene rings is 1. The summed E-state index contributed by atoms with van der Waals surface area (Å²) in [7, 11) is 1.66. The predicted molar refractivity (Wildman–Crippen MR) is 120 cm³/mol. The number of aromatic nitrogens is 2. The molecule has 30 heavy (non-hydrogen) atoms. The van der Waals surface area contributed by atoms with Gasteiger partial charge in [-0.1, -0.05) is 23.9 Å². The van der Waals surface area contributed by atoms with E-state index in [1.807, 2.05) is 53.9 Å². The molecular formula is C22H24N4O2S2. The van der Waals surface area contributed by atoms with Crippen molar-refractivity contribution < 1.29 is 9.53 Å². The zero-order valence-corrected chi connectivity index (χ0v) is 18.4. The van der Waals surface area contributed by atoms with Gasteiger partial charge < -0.3 is 15.0 Å². The van der Waals surface area contributed by atoms with Crippen LogP contribution < -0.4 is 15.0 Å². The van der Waals surface area contributed by atoms with Crippen molar-refractivity contribution in [1.29, 1.82) is 0 Å². The molecular weight excluding hydrogens is 416 g/mol. The van der Waals surface area contributed by atoms with Gasteiger partial charge in [0.2, 0.25) is 5.91 Å². The molecule has 1 aliphatic heterocycles. The Balaban J connectivity index is 1.34. The molecule has 1 amide bonds. The van der Waals surface area contributed by atoms with E-state index in [9.17, 15) is 4.79 Å². The van der Waals surface area contributed by atoms with Crippen molar-refractivity contribution in [2.45, 2.75) is 29.3 Å². The highest BCUT2D eigenvalue weighted by Gasteiger charge is 2.26. The van der Waals surface area contributed by atoms with Gasteiger partial charge in [-0.2, -0.15) is 0 Å². The molecule has 0 unspecified atom stereocenters. The lowest BCUT2D eigenvalue weighted by atomic mass is 9.97. The third kappa shape index (κ3) is 5.31. The summed E-state index contributed by atoms with van der Waals surface area (Å²) in [6.07, 6.45) is 1.88. The highest BCUT2D eigenvalue weighted by molar-refractivity contribution is 7.99. The summed E-state index contributed by atoms with van der Waals surface area (Å²) in [5, 5.41) is 14.7. The molecule has 1 fully saturated rings. The summed E-state index contributed by atoms with van der Waals surface area (Å²) in [5.74, 6) is 1.74. The normalized spacial score (nSPS) is 16.3. The molecule has 0 bridgehead atoms. The van der Waals surface area contributed by atoms with Gasteiger partial charge in [0.05, 0.1) is 19.6 Å². The first kappa shape index (κ1) is 20.7. The first-order valence-electron chi connectivity index (χ1n) is 9.92. The van der Waals surface area contributed by atoms with Crippen LogP contribution in [0.15, 0.2) is 63.8 Å². The van der Waals surface area contributed by atoms with Gasteiger partial charge in [-0.15, -0.1) is 21.5 Å². The van der Waals surface area contributed by atoms with Crippen LogP contribution in [0.3, 0.4) is 0 Å². The molecule has 0 radical (unpaired) electrons. The van der Waals surface area contributed by atoms with Crippen molar-refractivity contribution >= 4 is 34.8 Å². The predicted octanol–water partition coefficient (Wildman–Crippen LogP) is 4.23. The number of benzene rings is 1. The lowest BCUT2D eigenvalue weighted by Gasteiger charge is -2.32. The number of anilines is 1. The van der Waals surface area contributed by atoms with E-state index in [0.717, 1.165) is 40.9 Å². The van der Waals surface area contributed by atoms with Crippen LogP contribution in [0.2, 0.25) is 0 Å². The van der Waals surface area contributed by atoms with Gasteiger partial charge >= 0.3 is 0 Å². The summed E-state index contributed by atoms with van der Waals surface area (Å²) < 4.78 is 5.27. The lowest BCUT2D eigenvalue weighted by molar-refractivity contribution is -0.125. The van der Waals surface area contributed by atoms with Crippen LogP contribution in [-0.2, 0) is 11.3 Å². The quantitative estimate of drug-likeness (QED) is 0.593. The van der Waals surface area contributed by atoms with Crippen molar-refractivity contribution in [2.75, 3.05) is 25.1 Å². The minimum Gasteiger partial charge on any atom is -0.497 e. The van der Waals surface area contributed by atoms with E-state index in [1.54, 1.807) is 30.2 Å². The molecule has 1 atom stereocenters. The van der Waals surface area contributed by atoms with Crippen LogP contribution in [0.5, 0.6) is 5.75 Å². The summed E-state index contributed by atoms with van der Waals surface area (Å²) in [6.45, 7) is 2.17. The monoisotopic (exact) mass is 440 g/mol. The second kappa shape index (κ2) is 9.95. The first-order valence-corrected chi connectivity index (χ1v) is 11.6. The number of amides is 1. The molecule has 1 N–H and O–H groups in total. The van der Waals surface area contributed by atoms with E-state index in [1.165, 1.54) is 4.88 Å². The maximum Gasteiger partial charge on any atom is 0.225 e. The van der Waals surface area contributed by atoms with Crippen molar-refractivity contribution in [3.05, 3.63) is 58.8 Å². The smallest absolute Gasteiger partial charge is 0.225 e. The largest absolute Gasteiger partial charge is 0.497 e. The number of nitrogens with one attached hydrogen (secondary N) is 1. The molecule has 1 saturated heterocycles. The molecule has 2 aromatic heterocycles. The third-order valence-electron chi connectivity index (χ3n) is 5.02. The van der Waals surface area contributed by atoms with Crippen LogP contribution in [0.4, 0.5) is 5.82 Å². The average Bonchev–Trinajstić information content (AvgIpc) is 3.32. The second-order valence-corrected chi connectivity index (χ2v) is 9.22. The van der Waals surface area contributed by atoms with Gasteiger partial charge in [0.15, 0.2) is 5.82 Å². The molecule has 0 saturated carbocycles. The van der Waals surface area contributed by atoms with Gasteiger partial charge in [-0.25, -0.2) is 0 Å². The van der Waals surface area contributed by atoms with Crippen LogP contribution in [0.1, 0.15) is 17.7 Å². The number of rotatable bonds is 7. The number of carbonyl (C=O) groups excluding carboxylic acids is 1. The topological polar surface area (TPSA) is 67.3 Å². The molecule has 6 nitrogen and oxygen atoms in total. The van der Waals surface area contributed by atoms with E-state index in [2.05, 4.69) is 20.4 Å². The maximum atomic E-state index is 12.6. The minimum absolute atomic E-state index is 0.0219. The van der Waals surface area contributed by atoms with Crippen molar-refractivity contribution in [3.63, 3.8) is 0 Å². The average molecular weight is 441 g/mol. The minimum atomic E-state index is -0.0219. The van der Waals surface area contributed by atoms with E-state index in [-0.39, 0.29) is 11.8 Å². The third-order valence-corrected chi connectivity index (χ3v) is 6.82.